The van der Waals surface area contributed by atoms with Crippen LogP contribution in [-0.2, 0) is 16.5 Å². The molecule has 0 bridgehead atoms. The summed E-state index contributed by atoms with van der Waals surface area (Å²) in [5.74, 6) is 0.631. The van der Waals surface area contributed by atoms with Crippen molar-refractivity contribution in [1.29, 1.82) is 0 Å². The van der Waals surface area contributed by atoms with Crippen LogP contribution in [0.2, 0.25) is 0 Å². The topological polar surface area (TPSA) is 86.7 Å². The summed E-state index contributed by atoms with van der Waals surface area (Å²) in [6.07, 6.45) is 15.7. The van der Waals surface area contributed by atoms with E-state index < -0.39 is 10.1 Å². The monoisotopic (exact) mass is 484 g/mol. The van der Waals surface area contributed by atoms with Crippen molar-refractivity contribution in [2.45, 2.75) is 95.3 Å². The fourth-order valence-electron chi connectivity index (χ4n) is 3.86. The van der Waals surface area contributed by atoms with Crippen LogP contribution in [0, 0.1) is 0 Å². The van der Waals surface area contributed by atoms with Crippen LogP contribution in [0.25, 0.3) is 0 Å². The molecule has 0 atom stereocenters. The van der Waals surface area contributed by atoms with E-state index in [-0.39, 0.29) is 46.0 Å². The molecule has 0 amide bonds. The van der Waals surface area contributed by atoms with Crippen molar-refractivity contribution in [2.24, 2.45) is 0 Å². The average molecular weight is 485 g/mol. The first-order valence-electron chi connectivity index (χ1n) is 12.0. The molecule has 0 saturated carbocycles. The van der Waals surface area contributed by atoms with Gasteiger partial charge in [0, 0.05) is 6.07 Å². The van der Waals surface area contributed by atoms with Gasteiger partial charge in [0.05, 0.1) is 4.90 Å². The minimum atomic E-state index is -4.31. The molecule has 178 valence electrons. The molecular formula is C26H37NaO5S. The number of unbranched alkanes of at least 4 members (excludes halogenated alkanes) is 11. The van der Waals surface area contributed by atoms with Gasteiger partial charge < -0.3 is 9.84 Å². The van der Waals surface area contributed by atoms with E-state index >= 15 is 0 Å². The van der Waals surface area contributed by atoms with Crippen molar-refractivity contribution in [1.82, 2.24) is 0 Å². The van der Waals surface area contributed by atoms with Gasteiger partial charge in [-0.2, -0.15) is 8.42 Å². The van der Waals surface area contributed by atoms with Crippen molar-refractivity contribution in [3.05, 3.63) is 48.0 Å². The molecule has 33 heavy (non-hydrogen) atoms. The van der Waals surface area contributed by atoms with Gasteiger partial charge in [-0.3, -0.25) is 4.55 Å². The minimum Gasteiger partial charge on any atom is -0.872 e. The van der Waals surface area contributed by atoms with Crippen molar-refractivity contribution in [3.8, 4) is 17.2 Å². The molecule has 1 N–H and O–H groups in total. The number of ether oxygens (including phenoxy) is 1. The maximum absolute atomic E-state index is 12.4. The van der Waals surface area contributed by atoms with Crippen molar-refractivity contribution in [2.75, 3.05) is 0 Å². The zero-order valence-electron chi connectivity index (χ0n) is 20.2. The molecule has 5 nitrogen and oxygen atoms in total. The molecule has 2 aromatic carbocycles. The van der Waals surface area contributed by atoms with E-state index in [1.807, 2.05) is 0 Å². The maximum Gasteiger partial charge on any atom is 1.00 e. The molecule has 0 heterocycles. The molecule has 0 radical (unpaired) electrons. The van der Waals surface area contributed by atoms with Gasteiger partial charge in [-0.15, -0.1) is 5.75 Å². The van der Waals surface area contributed by atoms with Crippen LogP contribution in [0.4, 0.5) is 0 Å². The Kier molecular flexibility index (Phi) is 15.0. The Balaban J connectivity index is 0.00000544. The maximum atomic E-state index is 12.4. The van der Waals surface area contributed by atoms with E-state index in [9.17, 15) is 18.1 Å². The molecule has 0 unspecified atom stereocenters. The second-order valence-corrected chi connectivity index (χ2v) is 9.85. The Labute approximate surface area is 222 Å². The first-order chi connectivity index (χ1) is 15.4. The van der Waals surface area contributed by atoms with Gasteiger partial charge >= 0.3 is 29.6 Å². The van der Waals surface area contributed by atoms with Gasteiger partial charge in [0.1, 0.15) is 11.5 Å². The van der Waals surface area contributed by atoms with Gasteiger partial charge in [0.15, 0.2) is 0 Å². The van der Waals surface area contributed by atoms with E-state index in [1.54, 1.807) is 18.2 Å². The van der Waals surface area contributed by atoms with Gasteiger partial charge in [-0.1, -0.05) is 95.8 Å². The van der Waals surface area contributed by atoms with Crippen LogP contribution in [0.1, 0.15) is 89.5 Å². The first-order valence-corrected chi connectivity index (χ1v) is 13.4. The summed E-state index contributed by atoms with van der Waals surface area (Å²) in [5, 5.41) is 12.4. The number of hydrogen-bond acceptors (Lipinski definition) is 4. The van der Waals surface area contributed by atoms with Gasteiger partial charge in [0.25, 0.3) is 10.1 Å². The molecular weight excluding hydrogens is 447 g/mol. The van der Waals surface area contributed by atoms with E-state index in [2.05, 4.69) is 6.92 Å². The van der Waals surface area contributed by atoms with Gasteiger partial charge in [-0.05, 0) is 36.6 Å². The molecule has 0 aliphatic heterocycles. The van der Waals surface area contributed by atoms with Gasteiger partial charge in [-0.25, -0.2) is 0 Å². The summed E-state index contributed by atoms with van der Waals surface area (Å²) in [6.45, 7) is 2.24. The Hall–Kier alpha value is -1.05. The predicted molar refractivity (Wildman–Crippen MR) is 127 cm³/mol. The Morgan fingerprint density at radius 2 is 1.36 bits per heavy atom. The quantitative estimate of drug-likeness (QED) is 0.221. The van der Waals surface area contributed by atoms with Crippen LogP contribution in [0.5, 0.6) is 17.2 Å². The zero-order chi connectivity index (χ0) is 23.2. The molecule has 0 fully saturated rings. The Morgan fingerprint density at radius 3 is 1.94 bits per heavy atom. The number of hydrogen-bond donors (Lipinski definition) is 1. The molecule has 2 aromatic rings. The van der Waals surface area contributed by atoms with Crippen LogP contribution in [0.3, 0.4) is 0 Å². The van der Waals surface area contributed by atoms with Crippen molar-refractivity contribution in [3.63, 3.8) is 0 Å². The first kappa shape index (κ1) is 30.0. The van der Waals surface area contributed by atoms with Crippen LogP contribution in [-0.4, -0.2) is 13.0 Å². The second-order valence-electron chi connectivity index (χ2n) is 8.42. The third kappa shape index (κ3) is 11.8. The smallest absolute Gasteiger partial charge is 0.872 e. The van der Waals surface area contributed by atoms with Crippen LogP contribution < -0.4 is 39.4 Å². The summed E-state index contributed by atoms with van der Waals surface area (Å²) < 4.78 is 37.7. The minimum absolute atomic E-state index is 0. The number of benzene rings is 2. The number of rotatable bonds is 16. The average Bonchev–Trinajstić information content (AvgIpc) is 2.76. The molecule has 0 aliphatic rings. The van der Waals surface area contributed by atoms with E-state index in [0.29, 0.717) is 17.7 Å². The van der Waals surface area contributed by atoms with E-state index in [4.69, 9.17) is 4.74 Å². The fourth-order valence-corrected chi connectivity index (χ4v) is 4.37. The molecule has 0 saturated heterocycles. The molecule has 7 heteroatoms. The second kappa shape index (κ2) is 16.6. The summed E-state index contributed by atoms with van der Waals surface area (Å²) in [7, 11) is -4.31. The summed E-state index contributed by atoms with van der Waals surface area (Å²) >= 11 is 0. The SMILES string of the molecule is CCCCCCCCCCCCCCc1c([O-])cccc1Oc1cccc(S(=O)(=O)O)c1.[Na+]. The predicted octanol–water partition coefficient (Wildman–Crippen LogP) is 4.05. The van der Waals surface area contributed by atoms with Crippen LogP contribution in [0.15, 0.2) is 47.4 Å². The molecule has 2 rings (SSSR count). The summed E-state index contributed by atoms with van der Waals surface area (Å²) in [4.78, 5) is -0.240. The standard InChI is InChI=1S/C26H38O5S.Na/c1-2-3-4-5-6-7-8-9-10-11-12-13-18-24-25(27)19-15-20-26(24)31-22-16-14-17-23(21-22)32(28,29)30;/h14-17,19-21,27H,2-13,18H2,1H3,(H,28,29,30);/q;+1/p-1. The Bertz CT molecular complexity index is 915. The van der Waals surface area contributed by atoms with Gasteiger partial charge in [0.2, 0.25) is 0 Å². The largest absolute Gasteiger partial charge is 1.00 e. The summed E-state index contributed by atoms with van der Waals surface area (Å²) in [5.41, 5.74) is 0.608. The molecule has 0 aromatic heterocycles. The molecule has 0 aliphatic carbocycles. The molecule has 0 spiro atoms. The van der Waals surface area contributed by atoms with Crippen molar-refractivity contribution >= 4 is 10.1 Å². The summed E-state index contributed by atoms with van der Waals surface area (Å²) in [6, 6.07) is 10.5. The van der Waals surface area contributed by atoms with E-state index in [1.165, 1.54) is 88.5 Å². The normalized spacial score (nSPS) is 11.2. The van der Waals surface area contributed by atoms with Crippen molar-refractivity contribution < 1.29 is 52.4 Å². The zero-order valence-corrected chi connectivity index (χ0v) is 23.0. The van der Waals surface area contributed by atoms with E-state index in [0.717, 1.165) is 12.8 Å². The third-order valence-electron chi connectivity index (χ3n) is 5.70. The fraction of sp³-hybridized carbons (Fsp3) is 0.538. The third-order valence-corrected chi connectivity index (χ3v) is 6.55. The Morgan fingerprint density at radius 1 is 0.818 bits per heavy atom. The van der Waals surface area contributed by atoms with Crippen LogP contribution >= 0.6 is 0 Å².